The summed E-state index contributed by atoms with van der Waals surface area (Å²) in [7, 11) is 0. The van der Waals surface area contributed by atoms with Crippen LogP contribution in [0.4, 0.5) is 13.2 Å². The van der Waals surface area contributed by atoms with Crippen LogP contribution < -0.4 is 5.32 Å². The molecule has 2 heterocycles. The number of alkyl halides is 3. The highest BCUT2D eigenvalue weighted by Gasteiger charge is 2.33. The first-order valence-electron chi connectivity index (χ1n) is 12.2. The van der Waals surface area contributed by atoms with Crippen LogP contribution in [0, 0.1) is 11.8 Å². The molecule has 4 aromatic rings. The summed E-state index contributed by atoms with van der Waals surface area (Å²) in [6.07, 6.45) is 2.96. The van der Waals surface area contributed by atoms with Crippen LogP contribution in [0.3, 0.4) is 0 Å². The molecule has 0 saturated heterocycles. The van der Waals surface area contributed by atoms with Crippen molar-refractivity contribution in [3.63, 3.8) is 0 Å². The quantitative estimate of drug-likeness (QED) is 0.340. The lowest BCUT2D eigenvalue weighted by atomic mass is 9.82. The molecular formula is C28H26F3N3O3. The van der Waals surface area contributed by atoms with Crippen molar-refractivity contribution in [1.82, 2.24) is 14.9 Å². The van der Waals surface area contributed by atoms with Crippen molar-refractivity contribution >= 4 is 33.6 Å². The SMILES string of the molecule is O=C(NC[C@H]1CC[C@H](C(=O)O)CC1)c1cc(C(F)(F)F)cc2ccn(Cc3ccc4cnccc4c3)c12. The van der Waals surface area contributed by atoms with Crippen molar-refractivity contribution in [1.29, 1.82) is 0 Å². The summed E-state index contributed by atoms with van der Waals surface area (Å²) in [6, 6.07) is 11.4. The molecule has 0 atom stereocenters. The first-order chi connectivity index (χ1) is 17.7. The number of benzene rings is 2. The number of amides is 1. The smallest absolute Gasteiger partial charge is 0.416 e. The summed E-state index contributed by atoms with van der Waals surface area (Å²) in [5, 5.41) is 14.3. The molecule has 1 saturated carbocycles. The standard InChI is InChI=1S/C28H26F3N3O3/c29-28(30,31)23-12-21-8-10-34(16-18-3-6-22-15-32-9-7-20(22)11-18)25(21)24(13-23)26(35)33-14-17-1-4-19(5-2-17)27(36)37/h3,6-13,15,17,19H,1-2,4-5,14,16H2,(H,33,35)(H,36,37)/t17-,19-. The number of rotatable bonds is 6. The highest BCUT2D eigenvalue weighted by atomic mass is 19.4. The molecule has 6 nitrogen and oxygen atoms in total. The van der Waals surface area contributed by atoms with Crippen LogP contribution in [0.25, 0.3) is 21.7 Å². The maximum absolute atomic E-state index is 13.6. The molecule has 0 bridgehead atoms. The average molecular weight is 510 g/mol. The number of carboxylic acids is 1. The maximum Gasteiger partial charge on any atom is 0.416 e. The van der Waals surface area contributed by atoms with Gasteiger partial charge in [0.15, 0.2) is 0 Å². The number of carboxylic acid groups (broad SMARTS) is 1. The zero-order valence-corrected chi connectivity index (χ0v) is 20.0. The highest BCUT2D eigenvalue weighted by Crippen LogP contribution is 2.34. The van der Waals surface area contributed by atoms with Crippen molar-refractivity contribution in [3.05, 3.63) is 77.7 Å². The van der Waals surface area contributed by atoms with Crippen LogP contribution in [-0.2, 0) is 17.5 Å². The molecule has 37 heavy (non-hydrogen) atoms. The van der Waals surface area contributed by atoms with Crippen LogP contribution in [0.1, 0.15) is 47.2 Å². The Morgan fingerprint density at radius 2 is 1.78 bits per heavy atom. The molecule has 192 valence electrons. The molecule has 1 fully saturated rings. The Bertz CT molecular complexity index is 1470. The Labute approximate surface area is 211 Å². The van der Waals surface area contributed by atoms with Crippen LogP contribution in [0.5, 0.6) is 0 Å². The van der Waals surface area contributed by atoms with E-state index in [2.05, 4.69) is 10.3 Å². The van der Waals surface area contributed by atoms with Crippen molar-refractivity contribution in [3.8, 4) is 0 Å². The summed E-state index contributed by atoms with van der Waals surface area (Å²) in [5.74, 6) is -1.65. The first kappa shape index (κ1) is 24.8. The molecule has 2 aromatic heterocycles. The van der Waals surface area contributed by atoms with Gasteiger partial charge in [-0.05, 0) is 72.9 Å². The average Bonchev–Trinajstić information content (AvgIpc) is 3.29. The highest BCUT2D eigenvalue weighted by molar-refractivity contribution is 6.06. The molecule has 5 rings (SSSR count). The predicted molar refractivity (Wildman–Crippen MR) is 133 cm³/mol. The van der Waals surface area contributed by atoms with E-state index in [1.807, 2.05) is 24.3 Å². The Hall–Kier alpha value is -3.88. The van der Waals surface area contributed by atoms with E-state index in [0.29, 0.717) is 49.7 Å². The van der Waals surface area contributed by atoms with E-state index in [1.54, 1.807) is 29.2 Å². The fraction of sp³-hybridized carbons (Fsp3) is 0.321. The second-order valence-electron chi connectivity index (χ2n) is 9.73. The van der Waals surface area contributed by atoms with E-state index in [0.717, 1.165) is 28.5 Å². The van der Waals surface area contributed by atoms with Gasteiger partial charge in [0.05, 0.1) is 22.6 Å². The number of nitrogens with one attached hydrogen (secondary N) is 1. The predicted octanol–water partition coefficient (Wildman–Crippen LogP) is 5.88. The number of fused-ring (bicyclic) bond motifs is 2. The van der Waals surface area contributed by atoms with Gasteiger partial charge >= 0.3 is 12.1 Å². The molecule has 1 aliphatic carbocycles. The fourth-order valence-electron chi connectivity index (χ4n) is 5.19. The van der Waals surface area contributed by atoms with Crippen molar-refractivity contribution in [2.24, 2.45) is 11.8 Å². The van der Waals surface area contributed by atoms with Crippen molar-refractivity contribution < 1.29 is 27.9 Å². The zero-order valence-electron chi connectivity index (χ0n) is 20.0. The molecule has 2 aromatic carbocycles. The second kappa shape index (κ2) is 9.88. The van der Waals surface area contributed by atoms with E-state index in [9.17, 15) is 27.9 Å². The largest absolute Gasteiger partial charge is 0.481 e. The lowest BCUT2D eigenvalue weighted by molar-refractivity contribution is -0.143. The number of hydrogen-bond acceptors (Lipinski definition) is 3. The maximum atomic E-state index is 13.6. The molecular weight excluding hydrogens is 483 g/mol. The molecule has 0 radical (unpaired) electrons. The van der Waals surface area contributed by atoms with Crippen LogP contribution in [0.2, 0.25) is 0 Å². The van der Waals surface area contributed by atoms with Crippen molar-refractivity contribution in [2.75, 3.05) is 6.54 Å². The van der Waals surface area contributed by atoms with Gasteiger partial charge in [0.1, 0.15) is 0 Å². The molecule has 1 amide bonds. The van der Waals surface area contributed by atoms with Gasteiger partial charge in [0, 0.05) is 42.5 Å². The number of halogens is 3. The number of carbonyl (C=O) groups is 2. The minimum atomic E-state index is -4.59. The molecule has 1 aliphatic rings. The van der Waals surface area contributed by atoms with Crippen LogP contribution in [-0.4, -0.2) is 33.1 Å². The molecule has 0 unspecified atom stereocenters. The van der Waals surface area contributed by atoms with E-state index in [-0.39, 0.29) is 17.4 Å². The summed E-state index contributed by atoms with van der Waals surface area (Å²) in [5.41, 5.74) is 0.481. The molecule has 0 spiro atoms. The Kier molecular flexibility index (Phi) is 6.62. The molecule has 2 N–H and O–H groups in total. The van der Waals surface area contributed by atoms with Gasteiger partial charge in [-0.25, -0.2) is 0 Å². The van der Waals surface area contributed by atoms with Crippen LogP contribution in [0.15, 0.2) is 61.1 Å². The third kappa shape index (κ3) is 5.30. The number of hydrogen-bond donors (Lipinski definition) is 2. The number of pyridine rings is 1. The summed E-state index contributed by atoms with van der Waals surface area (Å²) in [6.45, 7) is 0.676. The molecule has 9 heteroatoms. The van der Waals surface area contributed by atoms with Gasteiger partial charge in [-0.3, -0.25) is 14.6 Å². The summed E-state index contributed by atoms with van der Waals surface area (Å²) >= 11 is 0. The Morgan fingerprint density at radius 3 is 2.51 bits per heavy atom. The topological polar surface area (TPSA) is 84.2 Å². The van der Waals surface area contributed by atoms with E-state index >= 15 is 0 Å². The summed E-state index contributed by atoms with van der Waals surface area (Å²) in [4.78, 5) is 28.5. The minimum Gasteiger partial charge on any atom is -0.481 e. The zero-order chi connectivity index (χ0) is 26.2. The summed E-state index contributed by atoms with van der Waals surface area (Å²) < 4.78 is 42.7. The van der Waals surface area contributed by atoms with Gasteiger partial charge in [-0.15, -0.1) is 0 Å². The number of aliphatic carboxylic acids is 1. The lowest BCUT2D eigenvalue weighted by Crippen LogP contribution is -2.32. The van der Waals surface area contributed by atoms with Crippen LogP contribution >= 0.6 is 0 Å². The van der Waals surface area contributed by atoms with E-state index in [4.69, 9.17) is 0 Å². The minimum absolute atomic E-state index is 0.0287. The van der Waals surface area contributed by atoms with Gasteiger partial charge in [-0.1, -0.05) is 12.1 Å². The number of carbonyl (C=O) groups excluding carboxylic acids is 1. The van der Waals surface area contributed by atoms with E-state index < -0.39 is 23.6 Å². The van der Waals surface area contributed by atoms with Gasteiger partial charge in [-0.2, -0.15) is 13.2 Å². The van der Waals surface area contributed by atoms with Gasteiger partial charge in [0.2, 0.25) is 0 Å². The van der Waals surface area contributed by atoms with Gasteiger partial charge in [0.25, 0.3) is 5.91 Å². The first-order valence-corrected chi connectivity index (χ1v) is 12.2. The normalized spacial score (nSPS) is 18.2. The monoisotopic (exact) mass is 509 g/mol. The van der Waals surface area contributed by atoms with Crippen molar-refractivity contribution in [2.45, 2.75) is 38.4 Å². The van der Waals surface area contributed by atoms with Gasteiger partial charge < -0.3 is 15.0 Å². The third-order valence-electron chi connectivity index (χ3n) is 7.24. The number of aromatic nitrogens is 2. The third-order valence-corrected chi connectivity index (χ3v) is 7.24. The Morgan fingerprint density at radius 1 is 1.00 bits per heavy atom. The second-order valence-corrected chi connectivity index (χ2v) is 9.73. The lowest BCUT2D eigenvalue weighted by Gasteiger charge is -2.26. The van der Waals surface area contributed by atoms with E-state index in [1.165, 1.54) is 0 Å². The fourth-order valence-corrected chi connectivity index (χ4v) is 5.19. The Balaban J connectivity index is 1.43. The number of nitrogens with zero attached hydrogens (tertiary/aromatic N) is 2. The molecule has 0 aliphatic heterocycles.